The van der Waals surface area contributed by atoms with Crippen LogP contribution in [0.4, 0.5) is 14.5 Å². The molecule has 1 aliphatic carbocycles. The molecule has 0 spiro atoms. The molecule has 1 N–H and O–H groups in total. The number of carbonyl (C=O) groups excluding carboxylic acids is 1. The number of carboxylic acids is 1. The minimum atomic E-state index is -2.68. The Morgan fingerprint density at radius 2 is 1.86 bits per heavy atom. The van der Waals surface area contributed by atoms with Crippen LogP contribution in [0.25, 0.3) is 0 Å². The maximum absolute atomic E-state index is 13.9. The summed E-state index contributed by atoms with van der Waals surface area (Å²) >= 11 is 4.80. The van der Waals surface area contributed by atoms with Crippen LogP contribution >= 0.6 is 27.3 Å². The molecule has 1 saturated carbocycles. The zero-order valence-corrected chi connectivity index (χ0v) is 26.6. The van der Waals surface area contributed by atoms with E-state index in [1.807, 2.05) is 6.07 Å². The zero-order chi connectivity index (χ0) is 30.4. The van der Waals surface area contributed by atoms with Gasteiger partial charge in [-0.25, -0.2) is 13.6 Å². The fraction of sp³-hybridized carbons (Fsp3) is 0.600. The number of likely N-dealkylation sites (tertiary alicyclic amines) is 1. The maximum atomic E-state index is 13.9. The minimum Gasteiger partial charge on any atom is -0.478 e. The van der Waals surface area contributed by atoms with Gasteiger partial charge < -0.3 is 24.2 Å². The second kappa shape index (κ2) is 14.6. The van der Waals surface area contributed by atoms with Crippen LogP contribution in [0.3, 0.4) is 0 Å². The molecule has 1 amide bonds. The fourth-order valence-corrected chi connectivity index (χ4v) is 7.50. The van der Waals surface area contributed by atoms with Gasteiger partial charge in [0.25, 0.3) is 5.92 Å². The van der Waals surface area contributed by atoms with Gasteiger partial charge in [-0.05, 0) is 84.8 Å². The van der Waals surface area contributed by atoms with Crippen molar-refractivity contribution in [1.29, 1.82) is 0 Å². The van der Waals surface area contributed by atoms with Gasteiger partial charge in [-0.1, -0.05) is 6.92 Å². The number of piperidine rings is 1. The molecule has 1 saturated heterocycles. The van der Waals surface area contributed by atoms with Crippen LogP contribution in [-0.4, -0.2) is 74.4 Å². The lowest BCUT2D eigenvalue weighted by Gasteiger charge is -2.36. The number of hydrogen-bond donors (Lipinski definition) is 1. The van der Waals surface area contributed by atoms with E-state index in [-0.39, 0.29) is 55.0 Å². The molecule has 8 nitrogen and oxygen atoms in total. The summed E-state index contributed by atoms with van der Waals surface area (Å²) in [5, 5.41) is 10.7. The van der Waals surface area contributed by atoms with Crippen LogP contribution in [0.2, 0.25) is 0 Å². The van der Waals surface area contributed by atoms with Crippen LogP contribution in [0.15, 0.2) is 28.7 Å². The maximum Gasteiger partial charge on any atom is 0.337 e. The third kappa shape index (κ3) is 8.28. The molecule has 12 heteroatoms. The van der Waals surface area contributed by atoms with Gasteiger partial charge in [-0.15, -0.1) is 11.3 Å². The van der Waals surface area contributed by atoms with Gasteiger partial charge in [0.2, 0.25) is 5.91 Å². The monoisotopic (exact) mass is 672 g/mol. The lowest BCUT2D eigenvalue weighted by molar-refractivity contribution is -0.124. The number of alkyl halides is 2. The topological polar surface area (TPSA) is 88.5 Å². The minimum absolute atomic E-state index is 0.0781. The summed E-state index contributed by atoms with van der Waals surface area (Å²) in [6, 6.07) is 5.96. The molecule has 2 aromatic rings. The standard InChI is InChI=1S/C30H39BrF2N2O6S/c1-19-5-7-20(8-6-19)27(36)35(21(16-39-2)17-40-3)26-10-9-22(13-24(26)28(37)38)41-29-25(31)14-23(42-29)15-34-12-4-11-30(32,33)18-34/h9-10,13-14,19-21H,4-8,11-12,15-18H2,1-3H3,(H,37,38). The van der Waals surface area contributed by atoms with E-state index in [9.17, 15) is 23.5 Å². The zero-order valence-electron chi connectivity index (χ0n) is 24.2. The van der Waals surface area contributed by atoms with E-state index < -0.39 is 17.9 Å². The molecule has 0 bridgehead atoms. The van der Waals surface area contributed by atoms with Gasteiger partial charge in [-0.2, -0.15) is 0 Å². The number of ether oxygens (including phenoxy) is 3. The molecule has 2 heterocycles. The highest BCUT2D eigenvalue weighted by atomic mass is 79.9. The molecule has 0 unspecified atom stereocenters. The third-order valence-corrected chi connectivity index (χ3v) is 9.76. The van der Waals surface area contributed by atoms with E-state index in [2.05, 4.69) is 22.9 Å². The van der Waals surface area contributed by atoms with Crippen molar-refractivity contribution in [2.45, 2.75) is 64.0 Å². The number of amides is 1. The Labute approximate surface area is 258 Å². The van der Waals surface area contributed by atoms with Gasteiger partial charge in [-0.3, -0.25) is 9.69 Å². The highest BCUT2D eigenvalue weighted by Gasteiger charge is 2.36. The van der Waals surface area contributed by atoms with Crippen molar-refractivity contribution in [2.24, 2.45) is 11.8 Å². The Balaban J connectivity index is 1.60. The molecule has 1 aromatic heterocycles. The summed E-state index contributed by atoms with van der Waals surface area (Å²) < 4.78 is 45.3. The van der Waals surface area contributed by atoms with Crippen LogP contribution in [0, 0.1) is 11.8 Å². The first-order valence-electron chi connectivity index (χ1n) is 14.3. The van der Waals surface area contributed by atoms with Crippen molar-refractivity contribution < 1.29 is 37.7 Å². The van der Waals surface area contributed by atoms with Gasteiger partial charge in [0.05, 0.1) is 41.5 Å². The summed E-state index contributed by atoms with van der Waals surface area (Å²) in [6.07, 6.45) is 3.74. The molecule has 0 radical (unpaired) electrons. The molecule has 4 rings (SSSR count). The lowest BCUT2D eigenvalue weighted by atomic mass is 9.82. The molecule has 232 valence electrons. The van der Waals surface area contributed by atoms with Crippen molar-refractivity contribution in [1.82, 2.24) is 4.90 Å². The highest BCUT2D eigenvalue weighted by molar-refractivity contribution is 9.10. The van der Waals surface area contributed by atoms with E-state index in [1.165, 1.54) is 36.5 Å². The Morgan fingerprint density at radius 1 is 1.17 bits per heavy atom. The number of rotatable bonds is 12. The molecular weight excluding hydrogens is 634 g/mol. The normalized spacial score (nSPS) is 20.9. The quantitative estimate of drug-likeness (QED) is 0.258. The third-order valence-electron chi connectivity index (χ3n) is 7.91. The van der Waals surface area contributed by atoms with E-state index in [0.29, 0.717) is 35.0 Å². The Kier molecular flexibility index (Phi) is 11.4. The van der Waals surface area contributed by atoms with Crippen molar-refractivity contribution >= 4 is 44.8 Å². The number of nitrogens with zero attached hydrogens (tertiary/aromatic N) is 2. The van der Waals surface area contributed by atoms with E-state index >= 15 is 0 Å². The highest BCUT2D eigenvalue weighted by Crippen LogP contribution is 2.41. The number of benzene rings is 1. The van der Waals surface area contributed by atoms with Crippen LogP contribution in [0.1, 0.15) is 60.7 Å². The number of anilines is 1. The number of methoxy groups -OCH3 is 2. The van der Waals surface area contributed by atoms with Gasteiger partial charge in [0.15, 0.2) is 5.06 Å². The Hall–Kier alpha value is -2.12. The summed E-state index contributed by atoms with van der Waals surface area (Å²) in [5.41, 5.74) is 0.181. The number of aromatic carboxylic acids is 1. The smallest absolute Gasteiger partial charge is 0.337 e. The second-order valence-corrected chi connectivity index (χ2v) is 13.3. The van der Waals surface area contributed by atoms with Crippen molar-refractivity contribution in [2.75, 3.05) is 45.4 Å². The summed E-state index contributed by atoms with van der Waals surface area (Å²) in [4.78, 5) is 30.6. The molecule has 1 aliphatic heterocycles. The molecule has 0 atom stereocenters. The molecule has 2 aliphatic rings. The fourth-order valence-electron chi connectivity index (χ4n) is 5.80. The number of halogens is 3. The van der Waals surface area contributed by atoms with Crippen LogP contribution in [0.5, 0.6) is 10.8 Å². The summed E-state index contributed by atoms with van der Waals surface area (Å²) in [7, 11) is 3.07. The van der Waals surface area contributed by atoms with E-state index in [1.54, 1.807) is 17.0 Å². The lowest BCUT2D eigenvalue weighted by Crippen LogP contribution is -2.49. The average molecular weight is 674 g/mol. The van der Waals surface area contributed by atoms with Gasteiger partial charge in [0, 0.05) is 38.0 Å². The van der Waals surface area contributed by atoms with E-state index in [4.69, 9.17) is 14.2 Å². The first-order valence-corrected chi connectivity index (χ1v) is 15.9. The first kappa shape index (κ1) is 32.8. The Morgan fingerprint density at radius 3 is 2.48 bits per heavy atom. The predicted octanol–water partition coefficient (Wildman–Crippen LogP) is 7.05. The number of carboxylic acid groups (broad SMARTS) is 1. The average Bonchev–Trinajstić information content (AvgIpc) is 3.27. The van der Waals surface area contributed by atoms with Gasteiger partial charge >= 0.3 is 5.97 Å². The van der Waals surface area contributed by atoms with Crippen LogP contribution < -0.4 is 9.64 Å². The van der Waals surface area contributed by atoms with Crippen molar-refractivity contribution in [3.8, 4) is 10.8 Å². The SMILES string of the molecule is COCC(COC)N(C(=O)C1CCC(C)CC1)c1ccc(Oc2sc(CN3CCCC(F)(F)C3)cc2Br)cc1C(=O)O. The molecule has 42 heavy (non-hydrogen) atoms. The molecule has 2 fully saturated rings. The second-order valence-electron chi connectivity index (χ2n) is 11.3. The Bertz CT molecular complexity index is 1230. The van der Waals surface area contributed by atoms with Crippen molar-refractivity contribution in [3.63, 3.8) is 0 Å². The number of hydrogen-bond acceptors (Lipinski definition) is 7. The van der Waals surface area contributed by atoms with Gasteiger partial charge in [0.1, 0.15) is 5.75 Å². The number of carbonyl (C=O) groups is 2. The summed E-state index contributed by atoms with van der Waals surface area (Å²) in [5.74, 6) is -3.39. The van der Waals surface area contributed by atoms with Crippen molar-refractivity contribution in [3.05, 3.63) is 39.2 Å². The largest absolute Gasteiger partial charge is 0.478 e. The van der Waals surface area contributed by atoms with E-state index in [0.717, 1.165) is 30.6 Å². The number of thiophene rings is 1. The molecular formula is C30H39BrF2N2O6S. The first-order chi connectivity index (χ1) is 20.0. The molecule has 1 aromatic carbocycles. The summed E-state index contributed by atoms with van der Waals surface area (Å²) in [6.45, 7) is 3.23. The predicted molar refractivity (Wildman–Crippen MR) is 161 cm³/mol. The van der Waals surface area contributed by atoms with Crippen LogP contribution in [-0.2, 0) is 20.8 Å².